The SMILES string of the molecule is CCCNCCC(C)(C)CCc1c(C)c(C)cc(C)c1C. The molecule has 0 atom stereocenters. The summed E-state index contributed by atoms with van der Waals surface area (Å²) in [5, 5.41) is 3.53. The standard InChI is InChI=1S/C20H35N/c1-8-12-21-13-11-20(6,7)10-9-19-17(4)15(2)14-16(3)18(19)5/h14,21H,8-13H2,1-7H3. The zero-order valence-electron chi connectivity index (χ0n) is 15.3. The van der Waals surface area contributed by atoms with Gasteiger partial charge in [0, 0.05) is 0 Å². The summed E-state index contributed by atoms with van der Waals surface area (Å²) in [5.41, 5.74) is 7.88. The molecule has 0 aliphatic carbocycles. The van der Waals surface area contributed by atoms with Gasteiger partial charge in [0.1, 0.15) is 0 Å². The fraction of sp³-hybridized carbons (Fsp3) is 0.700. The number of nitrogens with one attached hydrogen (secondary N) is 1. The van der Waals surface area contributed by atoms with E-state index >= 15 is 0 Å². The molecule has 0 heterocycles. The van der Waals surface area contributed by atoms with Gasteiger partial charge in [-0.1, -0.05) is 26.8 Å². The normalized spacial score (nSPS) is 12.0. The average molecular weight is 290 g/mol. The molecule has 0 radical (unpaired) electrons. The summed E-state index contributed by atoms with van der Waals surface area (Å²) in [6, 6.07) is 2.33. The van der Waals surface area contributed by atoms with E-state index in [4.69, 9.17) is 0 Å². The molecule has 0 saturated heterocycles. The number of aryl methyl sites for hydroxylation is 2. The van der Waals surface area contributed by atoms with E-state index < -0.39 is 0 Å². The van der Waals surface area contributed by atoms with Crippen LogP contribution in [0.3, 0.4) is 0 Å². The van der Waals surface area contributed by atoms with Crippen LogP contribution in [0.25, 0.3) is 0 Å². The van der Waals surface area contributed by atoms with Crippen molar-refractivity contribution >= 4 is 0 Å². The second-order valence-corrected chi connectivity index (χ2v) is 7.40. The lowest BCUT2D eigenvalue weighted by Gasteiger charge is -2.26. The molecule has 1 aromatic carbocycles. The van der Waals surface area contributed by atoms with Gasteiger partial charge in [-0.05, 0) is 99.7 Å². The first-order chi connectivity index (χ1) is 9.78. The zero-order chi connectivity index (χ0) is 16.0. The quantitative estimate of drug-likeness (QED) is 0.643. The molecule has 1 N–H and O–H groups in total. The van der Waals surface area contributed by atoms with Crippen molar-refractivity contribution in [2.24, 2.45) is 5.41 Å². The Labute approximate surface area is 132 Å². The summed E-state index contributed by atoms with van der Waals surface area (Å²) < 4.78 is 0. The summed E-state index contributed by atoms with van der Waals surface area (Å²) >= 11 is 0. The van der Waals surface area contributed by atoms with Crippen molar-refractivity contribution in [2.45, 2.75) is 74.1 Å². The highest BCUT2D eigenvalue weighted by atomic mass is 14.8. The Morgan fingerprint density at radius 1 is 0.905 bits per heavy atom. The predicted molar refractivity (Wildman–Crippen MR) is 95.3 cm³/mol. The predicted octanol–water partition coefficient (Wildman–Crippen LogP) is 5.27. The molecular formula is C20H35N. The van der Waals surface area contributed by atoms with Crippen LogP contribution in [0, 0.1) is 33.1 Å². The largest absolute Gasteiger partial charge is 0.317 e. The topological polar surface area (TPSA) is 12.0 Å². The van der Waals surface area contributed by atoms with Crippen molar-refractivity contribution in [3.63, 3.8) is 0 Å². The molecule has 21 heavy (non-hydrogen) atoms. The van der Waals surface area contributed by atoms with Crippen molar-refractivity contribution in [3.8, 4) is 0 Å². The molecule has 1 heteroatoms. The van der Waals surface area contributed by atoms with Crippen molar-refractivity contribution in [1.29, 1.82) is 0 Å². The van der Waals surface area contributed by atoms with Crippen molar-refractivity contribution in [1.82, 2.24) is 5.32 Å². The fourth-order valence-corrected chi connectivity index (χ4v) is 2.99. The second-order valence-electron chi connectivity index (χ2n) is 7.40. The third kappa shape index (κ3) is 5.47. The highest BCUT2D eigenvalue weighted by molar-refractivity contribution is 5.44. The summed E-state index contributed by atoms with van der Waals surface area (Å²) in [4.78, 5) is 0. The Kier molecular flexibility index (Phi) is 6.93. The average Bonchev–Trinajstić information content (AvgIpc) is 2.41. The minimum absolute atomic E-state index is 0.414. The second kappa shape index (κ2) is 7.98. The molecule has 1 nitrogen and oxygen atoms in total. The van der Waals surface area contributed by atoms with Gasteiger partial charge in [-0.15, -0.1) is 0 Å². The summed E-state index contributed by atoms with van der Waals surface area (Å²) in [6.45, 7) is 18.4. The van der Waals surface area contributed by atoms with E-state index in [1.54, 1.807) is 5.56 Å². The Morgan fingerprint density at radius 3 is 2.00 bits per heavy atom. The molecule has 0 saturated carbocycles. The van der Waals surface area contributed by atoms with Crippen LogP contribution in [-0.2, 0) is 6.42 Å². The van der Waals surface area contributed by atoms with Crippen molar-refractivity contribution in [3.05, 3.63) is 33.9 Å². The lowest BCUT2D eigenvalue weighted by molar-refractivity contribution is 0.302. The molecule has 0 spiro atoms. The van der Waals surface area contributed by atoms with Gasteiger partial charge in [0.2, 0.25) is 0 Å². The third-order valence-electron chi connectivity index (χ3n) is 4.98. The number of hydrogen-bond acceptors (Lipinski definition) is 1. The van der Waals surface area contributed by atoms with Gasteiger partial charge >= 0.3 is 0 Å². The maximum absolute atomic E-state index is 3.53. The number of hydrogen-bond donors (Lipinski definition) is 1. The van der Waals surface area contributed by atoms with Gasteiger partial charge in [0.15, 0.2) is 0 Å². The molecule has 0 aliphatic heterocycles. The molecule has 0 bridgehead atoms. The lowest BCUT2D eigenvalue weighted by atomic mass is 9.81. The monoisotopic (exact) mass is 289 g/mol. The van der Waals surface area contributed by atoms with E-state index in [1.807, 2.05) is 0 Å². The van der Waals surface area contributed by atoms with Crippen LogP contribution in [0.4, 0.5) is 0 Å². The van der Waals surface area contributed by atoms with E-state index in [-0.39, 0.29) is 0 Å². The minimum atomic E-state index is 0.414. The number of rotatable bonds is 8. The molecule has 0 aromatic heterocycles. The Balaban J connectivity index is 2.66. The molecule has 0 unspecified atom stereocenters. The van der Waals surface area contributed by atoms with Crippen LogP contribution in [0.1, 0.15) is 67.9 Å². The van der Waals surface area contributed by atoms with E-state index in [1.165, 1.54) is 47.9 Å². The summed E-state index contributed by atoms with van der Waals surface area (Å²) in [6.07, 6.45) is 4.96. The zero-order valence-corrected chi connectivity index (χ0v) is 15.3. The summed E-state index contributed by atoms with van der Waals surface area (Å²) in [5.74, 6) is 0. The van der Waals surface area contributed by atoms with E-state index in [0.29, 0.717) is 5.41 Å². The highest BCUT2D eigenvalue weighted by Crippen LogP contribution is 2.30. The van der Waals surface area contributed by atoms with Gasteiger partial charge in [0.05, 0.1) is 0 Å². The van der Waals surface area contributed by atoms with Crippen LogP contribution in [0.15, 0.2) is 6.07 Å². The van der Waals surface area contributed by atoms with Gasteiger partial charge < -0.3 is 5.32 Å². The highest BCUT2D eigenvalue weighted by Gasteiger charge is 2.19. The minimum Gasteiger partial charge on any atom is -0.317 e. The van der Waals surface area contributed by atoms with Crippen molar-refractivity contribution in [2.75, 3.05) is 13.1 Å². The number of benzene rings is 1. The Bertz CT molecular complexity index is 431. The fourth-order valence-electron chi connectivity index (χ4n) is 2.99. The molecule has 120 valence electrons. The van der Waals surface area contributed by atoms with Gasteiger partial charge in [-0.2, -0.15) is 0 Å². The van der Waals surface area contributed by atoms with Gasteiger partial charge in [-0.3, -0.25) is 0 Å². The molecule has 0 aliphatic rings. The molecular weight excluding hydrogens is 254 g/mol. The lowest BCUT2D eigenvalue weighted by Crippen LogP contribution is -2.23. The van der Waals surface area contributed by atoms with Crippen LogP contribution < -0.4 is 5.32 Å². The smallest absolute Gasteiger partial charge is 0.00438 e. The summed E-state index contributed by atoms with van der Waals surface area (Å²) in [7, 11) is 0. The van der Waals surface area contributed by atoms with Gasteiger partial charge in [-0.25, -0.2) is 0 Å². The van der Waals surface area contributed by atoms with E-state index in [2.05, 4.69) is 59.8 Å². The van der Waals surface area contributed by atoms with E-state index in [0.717, 1.165) is 13.1 Å². The first kappa shape index (κ1) is 18.2. The maximum Gasteiger partial charge on any atom is -0.00438 e. The van der Waals surface area contributed by atoms with Crippen molar-refractivity contribution < 1.29 is 0 Å². The Morgan fingerprint density at radius 2 is 1.48 bits per heavy atom. The maximum atomic E-state index is 3.53. The van der Waals surface area contributed by atoms with Crippen LogP contribution in [0.5, 0.6) is 0 Å². The van der Waals surface area contributed by atoms with E-state index in [9.17, 15) is 0 Å². The molecule has 1 aromatic rings. The molecule has 0 fully saturated rings. The van der Waals surface area contributed by atoms with Crippen LogP contribution in [-0.4, -0.2) is 13.1 Å². The first-order valence-electron chi connectivity index (χ1n) is 8.55. The van der Waals surface area contributed by atoms with Crippen LogP contribution in [0.2, 0.25) is 0 Å². The molecule has 0 amide bonds. The first-order valence-corrected chi connectivity index (χ1v) is 8.55. The van der Waals surface area contributed by atoms with Crippen LogP contribution >= 0.6 is 0 Å². The Hall–Kier alpha value is -0.820. The molecule has 1 rings (SSSR count). The third-order valence-corrected chi connectivity index (χ3v) is 4.98. The van der Waals surface area contributed by atoms with Gasteiger partial charge in [0.25, 0.3) is 0 Å².